The number of carbonyl (C=O) groups is 3. The van der Waals surface area contributed by atoms with Gasteiger partial charge in [-0.25, -0.2) is 0 Å². The monoisotopic (exact) mass is 569 g/mol. The van der Waals surface area contributed by atoms with Crippen molar-refractivity contribution in [3.63, 3.8) is 0 Å². The highest BCUT2D eigenvalue weighted by Gasteiger charge is 2.35. The molecule has 0 fully saturated rings. The van der Waals surface area contributed by atoms with Crippen LogP contribution in [0.1, 0.15) is 71.4 Å². The SMILES string of the molecule is CCC[C@@H]1NC(=O)[C@@H](C(C)C)NC(=O)[C@@H](Cc2ccsc2)C(CC)[C@@H](C)COc2ccccc2CCCNC1=O. The van der Waals surface area contributed by atoms with Crippen molar-refractivity contribution in [2.45, 2.75) is 85.2 Å². The van der Waals surface area contributed by atoms with Crippen molar-refractivity contribution in [1.82, 2.24) is 16.0 Å². The van der Waals surface area contributed by atoms with E-state index in [9.17, 15) is 14.4 Å². The van der Waals surface area contributed by atoms with Gasteiger partial charge in [-0.05, 0) is 77.5 Å². The molecule has 7 nitrogen and oxygen atoms in total. The third-order valence-corrected chi connectivity index (χ3v) is 8.68. The summed E-state index contributed by atoms with van der Waals surface area (Å²) in [5.74, 6) is -0.0692. The Morgan fingerprint density at radius 3 is 2.48 bits per heavy atom. The summed E-state index contributed by atoms with van der Waals surface area (Å²) >= 11 is 1.62. The molecule has 40 heavy (non-hydrogen) atoms. The standard InChI is InChI=1S/C32H47N3O4S/c1-6-11-27-31(37)33-16-10-13-24-12-8-9-14-28(24)39-19-22(5)25(7-2)26(18-23-15-17-40-20-23)30(36)35-29(21(3)4)32(38)34-27/h8-9,12,14-15,17,20-22,25-27,29H,6-7,10-11,13,16,18-19H2,1-5H3,(H,33,37)(H,34,38)(H,35,36)/t22-,25?,26-,27-,29+/m0/s1. The normalized spacial score (nSPS) is 25.6. The van der Waals surface area contributed by atoms with E-state index in [0.717, 1.165) is 42.6 Å². The fourth-order valence-corrected chi connectivity index (χ4v) is 6.29. The molecule has 1 aliphatic rings. The molecule has 0 saturated heterocycles. The van der Waals surface area contributed by atoms with Gasteiger partial charge >= 0.3 is 0 Å². The summed E-state index contributed by atoms with van der Waals surface area (Å²) in [6.45, 7) is 11.1. The van der Waals surface area contributed by atoms with Gasteiger partial charge in [0.15, 0.2) is 0 Å². The van der Waals surface area contributed by atoms with Crippen molar-refractivity contribution in [3.05, 3.63) is 52.2 Å². The molecule has 0 aliphatic carbocycles. The number of fused-ring (bicyclic) bond motifs is 1. The Bertz CT molecular complexity index is 1090. The predicted octanol–water partition coefficient (Wildman–Crippen LogP) is 5.14. The molecule has 3 N–H and O–H groups in total. The quantitative estimate of drug-likeness (QED) is 0.449. The molecule has 1 unspecified atom stereocenters. The summed E-state index contributed by atoms with van der Waals surface area (Å²) in [5.41, 5.74) is 2.22. The van der Waals surface area contributed by atoms with Gasteiger partial charge in [-0.3, -0.25) is 14.4 Å². The summed E-state index contributed by atoms with van der Waals surface area (Å²) in [5, 5.41) is 13.2. The second-order valence-electron chi connectivity index (χ2n) is 11.4. The average molecular weight is 570 g/mol. The van der Waals surface area contributed by atoms with Crippen LogP contribution in [0.25, 0.3) is 0 Å². The molecule has 1 aromatic heterocycles. The molecule has 0 radical (unpaired) electrons. The van der Waals surface area contributed by atoms with Gasteiger partial charge in [0.2, 0.25) is 17.7 Å². The largest absolute Gasteiger partial charge is 0.493 e. The molecule has 1 aromatic carbocycles. The molecule has 0 spiro atoms. The first-order valence-electron chi connectivity index (χ1n) is 14.8. The third kappa shape index (κ3) is 8.82. The summed E-state index contributed by atoms with van der Waals surface area (Å²) in [6.07, 6.45) is 4.22. The third-order valence-electron chi connectivity index (χ3n) is 7.95. The number of rotatable bonds is 6. The van der Waals surface area contributed by atoms with E-state index in [1.807, 2.05) is 44.4 Å². The first kappa shape index (κ1) is 31.7. The van der Waals surface area contributed by atoms with Crippen molar-refractivity contribution >= 4 is 29.1 Å². The van der Waals surface area contributed by atoms with E-state index in [0.29, 0.717) is 26.0 Å². The van der Waals surface area contributed by atoms with Crippen LogP contribution in [0.4, 0.5) is 0 Å². The molecule has 5 atom stereocenters. The van der Waals surface area contributed by atoms with Crippen LogP contribution >= 0.6 is 11.3 Å². The number of benzene rings is 1. The van der Waals surface area contributed by atoms with Crippen molar-refractivity contribution in [2.24, 2.45) is 23.7 Å². The smallest absolute Gasteiger partial charge is 0.243 e. The molecule has 2 heterocycles. The minimum absolute atomic E-state index is 0.0560. The number of hydrogen-bond acceptors (Lipinski definition) is 5. The summed E-state index contributed by atoms with van der Waals surface area (Å²) < 4.78 is 6.36. The fraction of sp³-hybridized carbons (Fsp3) is 0.594. The number of hydrogen-bond donors (Lipinski definition) is 3. The number of nitrogens with one attached hydrogen (secondary N) is 3. The van der Waals surface area contributed by atoms with Crippen molar-refractivity contribution in [1.29, 1.82) is 0 Å². The van der Waals surface area contributed by atoms with Crippen LogP contribution in [0.5, 0.6) is 5.75 Å². The highest BCUT2D eigenvalue weighted by molar-refractivity contribution is 7.07. The lowest BCUT2D eigenvalue weighted by Gasteiger charge is -2.33. The molecule has 1 aliphatic heterocycles. The van der Waals surface area contributed by atoms with Crippen LogP contribution in [0.2, 0.25) is 0 Å². The summed E-state index contributed by atoms with van der Waals surface area (Å²) in [6, 6.07) is 8.73. The van der Waals surface area contributed by atoms with E-state index < -0.39 is 12.1 Å². The summed E-state index contributed by atoms with van der Waals surface area (Å²) in [4.78, 5) is 40.5. The zero-order chi connectivity index (χ0) is 29.1. The van der Waals surface area contributed by atoms with Gasteiger partial charge in [-0.15, -0.1) is 0 Å². The molecule has 0 saturated carbocycles. The fourth-order valence-electron chi connectivity index (χ4n) is 5.61. The van der Waals surface area contributed by atoms with Gasteiger partial charge in [0.1, 0.15) is 17.8 Å². The topological polar surface area (TPSA) is 96.5 Å². The minimum Gasteiger partial charge on any atom is -0.493 e. The van der Waals surface area contributed by atoms with E-state index in [4.69, 9.17) is 4.74 Å². The molecular weight excluding hydrogens is 522 g/mol. The summed E-state index contributed by atoms with van der Waals surface area (Å²) in [7, 11) is 0. The molecule has 2 aromatic rings. The van der Waals surface area contributed by atoms with Gasteiger partial charge in [0.25, 0.3) is 0 Å². The van der Waals surface area contributed by atoms with Crippen LogP contribution < -0.4 is 20.7 Å². The maximum atomic E-state index is 14.0. The Balaban J connectivity index is 1.95. The Labute approximate surface area is 243 Å². The molecule has 3 amide bonds. The van der Waals surface area contributed by atoms with Gasteiger partial charge < -0.3 is 20.7 Å². The number of amides is 3. The van der Waals surface area contributed by atoms with E-state index in [1.165, 1.54) is 0 Å². The Hall–Kier alpha value is -2.87. The Kier molecular flexibility index (Phi) is 12.5. The highest BCUT2D eigenvalue weighted by Crippen LogP contribution is 2.31. The van der Waals surface area contributed by atoms with Crippen LogP contribution in [-0.4, -0.2) is 43.0 Å². The second-order valence-corrected chi connectivity index (χ2v) is 12.2. The van der Waals surface area contributed by atoms with Crippen LogP contribution in [0, 0.1) is 23.7 Å². The molecule has 0 bridgehead atoms. The lowest BCUT2D eigenvalue weighted by Crippen LogP contribution is -2.56. The maximum Gasteiger partial charge on any atom is 0.243 e. The number of aryl methyl sites for hydroxylation is 1. The Morgan fingerprint density at radius 1 is 1.02 bits per heavy atom. The van der Waals surface area contributed by atoms with Crippen LogP contribution in [0.15, 0.2) is 41.1 Å². The zero-order valence-corrected chi connectivity index (χ0v) is 25.5. The van der Waals surface area contributed by atoms with E-state index in [-0.39, 0.29) is 41.4 Å². The minimum atomic E-state index is -0.737. The number of carbonyl (C=O) groups excluding carboxylic acids is 3. The lowest BCUT2D eigenvalue weighted by atomic mass is 9.77. The predicted molar refractivity (Wildman–Crippen MR) is 161 cm³/mol. The number of thiophene rings is 1. The van der Waals surface area contributed by atoms with Gasteiger partial charge in [-0.1, -0.05) is 65.7 Å². The first-order valence-corrected chi connectivity index (χ1v) is 15.8. The average Bonchev–Trinajstić information content (AvgIpc) is 3.45. The van der Waals surface area contributed by atoms with Crippen LogP contribution in [0.3, 0.4) is 0 Å². The molecule has 8 heteroatoms. The Morgan fingerprint density at radius 2 is 1.80 bits per heavy atom. The maximum absolute atomic E-state index is 14.0. The number of ether oxygens (including phenoxy) is 1. The van der Waals surface area contributed by atoms with E-state index >= 15 is 0 Å². The van der Waals surface area contributed by atoms with Crippen molar-refractivity contribution in [2.75, 3.05) is 13.2 Å². The van der Waals surface area contributed by atoms with Crippen molar-refractivity contribution < 1.29 is 19.1 Å². The first-order chi connectivity index (χ1) is 19.2. The van der Waals surface area contributed by atoms with Crippen molar-refractivity contribution in [3.8, 4) is 5.75 Å². The lowest BCUT2D eigenvalue weighted by molar-refractivity contribution is -0.135. The van der Waals surface area contributed by atoms with Gasteiger partial charge in [-0.2, -0.15) is 11.3 Å². The second kappa shape index (κ2) is 15.8. The van der Waals surface area contributed by atoms with Gasteiger partial charge in [0.05, 0.1) is 6.61 Å². The molecule has 3 rings (SSSR count). The molecule has 220 valence electrons. The van der Waals surface area contributed by atoms with Gasteiger partial charge in [0, 0.05) is 12.5 Å². The molecular formula is C32H47N3O4S. The van der Waals surface area contributed by atoms with E-state index in [1.54, 1.807) is 11.3 Å². The van der Waals surface area contributed by atoms with Crippen LogP contribution in [-0.2, 0) is 27.2 Å². The van der Waals surface area contributed by atoms with E-state index in [2.05, 4.69) is 47.3 Å². The number of para-hydroxylation sites is 1. The zero-order valence-electron chi connectivity index (χ0n) is 24.7. The highest BCUT2D eigenvalue weighted by atomic mass is 32.1.